The third-order valence-corrected chi connectivity index (χ3v) is 5.68. The average Bonchev–Trinajstić information content (AvgIpc) is 3.03. The number of carbonyl (C=O) groups is 1. The predicted octanol–water partition coefficient (Wildman–Crippen LogP) is 3.16. The largest absolute Gasteiger partial charge is 0.342 e. The number of likely N-dealkylation sites (tertiary alicyclic amines) is 1. The van der Waals surface area contributed by atoms with Gasteiger partial charge in [-0.25, -0.2) is 0 Å². The average molecular weight is 359 g/mol. The van der Waals surface area contributed by atoms with E-state index >= 15 is 0 Å². The Morgan fingerprint density at radius 2 is 1.84 bits per heavy atom. The first kappa shape index (κ1) is 17.9. The van der Waals surface area contributed by atoms with Crippen LogP contribution in [0.4, 0.5) is 0 Å². The molecule has 0 aliphatic carbocycles. The van der Waals surface area contributed by atoms with Crippen molar-refractivity contribution < 1.29 is 4.79 Å². The van der Waals surface area contributed by atoms with E-state index in [4.69, 9.17) is 0 Å². The van der Waals surface area contributed by atoms with Gasteiger partial charge in [-0.3, -0.25) is 4.79 Å². The van der Waals surface area contributed by atoms with Crippen LogP contribution < -0.4 is 0 Å². The number of thioether (sulfide) groups is 1. The molecule has 2 heterocycles. The summed E-state index contributed by atoms with van der Waals surface area (Å²) in [5, 5.41) is 12.7. The van der Waals surface area contributed by atoms with Crippen LogP contribution in [-0.4, -0.2) is 49.9 Å². The second kappa shape index (κ2) is 8.47. The van der Waals surface area contributed by atoms with E-state index in [1.165, 1.54) is 36.6 Å². The second-order valence-electron chi connectivity index (χ2n) is 6.53. The Hall–Kier alpha value is -1.89. The van der Waals surface area contributed by atoms with Crippen molar-refractivity contribution in [3.05, 3.63) is 29.3 Å². The van der Waals surface area contributed by atoms with Crippen LogP contribution >= 0.6 is 11.8 Å². The van der Waals surface area contributed by atoms with Gasteiger partial charge in [-0.1, -0.05) is 43.2 Å². The zero-order valence-corrected chi connectivity index (χ0v) is 15.8. The fourth-order valence-electron chi connectivity index (χ4n) is 3.10. The highest BCUT2D eigenvalue weighted by Crippen LogP contribution is 2.23. The van der Waals surface area contributed by atoms with E-state index in [9.17, 15) is 4.79 Å². The molecule has 2 aromatic rings. The maximum atomic E-state index is 12.6. The number of aryl methyl sites for hydroxylation is 1. The molecule has 0 atom stereocenters. The smallest absolute Gasteiger partial charge is 0.233 e. The van der Waals surface area contributed by atoms with E-state index in [1.807, 2.05) is 17.0 Å². The molecular weight excluding hydrogens is 334 g/mol. The first-order valence-corrected chi connectivity index (χ1v) is 9.91. The molecule has 1 aliphatic rings. The van der Waals surface area contributed by atoms with Crippen molar-refractivity contribution in [3.63, 3.8) is 0 Å². The number of amides is 1. The molecule has 1 fully saturated rings. The van der Waals surface area contributed by atoms with E-state index in [2.05, 4.69) is 35.4 Å². The summed E-state index contributed by atoms with van der Waals surface area (Å²) >= 11 is 1.41. The molecule has 0 N–H and O–H groups in total. The van der Waals surface area contributed by atoms with Crippen LogP contribution in [0.5, 0.6) is 0 Å². The number of carbonyl (C=O) groups excluding carboxylic acids is 1. The van der Waals surface area contributed by atoms with Crippen LogP contribution in [0.3, 0.4) is 0 Å². The zero-order valence-electron chi connectivity index (χ0n) is 14.9. The van der Waals surface area contributed by atoms with E-state index < -0.39 is 0 Å². The summed E-state index contributed by atoms with van der Waals surface area (Å²) in [6, 6.07) is 6.07. The topological polar surface area (TPSA) is 63.9 Å². The van der Waals surface area contributed by atoms with E-state index in [0.29, 0.717) is 10.9 Å². The van der Waals surface area contributed by atoms with E-state index in [0.717, 1.165) is 37.2 Å². The van der Waals surface area contributed by atoms with E-state index in [-0.39, 0.29) is 5.91 Å². The lowest BCUT2D eigenvalue weighted by molar-refractivity contribution is -0.128. The van der Waals surface area contributed by atoms with Crippen molar-refractivity contribution in [2.24, 2.45) is 0 Å². The molecular formula is C18H25N5OS. The lowest BCUT2D eigenvalue weighted by Gasteiger charge is -2.24. The normalized spacial score (nSPS) is 15.7. The molecule has 25 heavy (non-hydrogen) atoms. The van der Waals surface area contributed by atoms with Crippen molar-refractivity contribution in [2.45, 2.75) is 51.1 Å². The lowest BCUT2D eigenvalue weighted by atomic mass is 10.1. The number of tetrazole rings is 1. The highest BCUT2D eigenvalue weighted by molar-refractivity contribution is 7.99. The van der Waals surface area contributed by atoms with Gasteiger partial charge in [0.15, 0.2) is 0 Å². The van der Waals surface area contributed by atoms with Gasteiger partial charge in [0.1, 0.15) is 0 Å². The molecule has 0 radical (unpaired) electrons. The maximum Gasteiger partial charge on any atom is 0.233 e. The Labute approximate surface area is 153 Å². The monoisotopic (exact) mass is 359 g/mol. The van der Waals surface area contributed by atoms with E-state index in [1.54, 1.807) is 4.68 Å². The van der Waals surface area contributed by atoms with Crippen LogP contribution in [0.25, 0.3) is 5.69 Å². The quantitative estimate of drug-likeness (QED) is 0.785. The Morgan fingerprint density at radius 3 is 2.60 bits per heavy atom. The summed E-state index contributed by atoms with van der Waals surface area (Å²) in [5.41, 5.74) is 3.30. The number of aromatic nitrogens is 4. The van der Waals surface area contributed by atoms with Crippen molar-refractivity contribution in [1.82, 2.24) is 25.1 Å². The van der Waals surface area contributed by atoms with Crippen molar-refractivity contribution in [1.29, 1.82) is 0 Å². The summed E-state index contributed by atoms with van der Waals surface area (Å²) in [5.74, 6) is 0.563. The third-order valence-electron chi connectivity index (χ3n) is 4.78. The summed E-state index contributed by atoms with van der Waals surface area (Å²) in [6.07, 6.45) is 5.96. The van der Waals surface area contributed by atoms with Crippen molar-refractivity contribution in [3.8, 4) is 5.69 Å². The number of nitrogens with zero attached hydrogens (tertiary/aromatic N) is 5. The Balaban J connectivity index is 1.67. The second-order valence-corrected chi connectivity index (χ2v) is 7.47. The Morgan fingerprint density at radius 1 is 1.12 bits per heavy atom. The molecule has 0 bridgehead atoms. The van der Waals surface area contributed by atoms with Crippen molar-refractivity contribution >= 4 is 17.7 Å². The van der Waals surface area contributed by atoms with Gasteiger partial charge in [0, 0.05) is 13.1 Å². The van der Waals surface area contributed by atoms with Gasteiger partial charge in [-0.15, -0.1) is 5.10 Å². The standard InChI is InChI=1S/C18H25N5OS/c1-14-9-8-10-16(15(14)2)23-18(19-20-21-23)25-13-17(24)22-11-6-4-3-5-7-12-22/h8-10H,3-7,11-13H2,1-2H3. The van der Waals surface area contributed by atoms with Gasteiger partial charge in [0.05, 0.1) is 11.4 Å². The molecule has 1 aliphatic heterocycles. The molecule has 1 aromatic heterocycles. The highest BCUT2D eigenvalue weighted by Gasteiger charge is 2.18. The zero-order chi connectivity index (χ0) is 17.6. The van der Waals surface area contributed by atoms with Gasteiger partial charge >= 0.3 is 0 Å². The van der Waals surface area contributed by atoms with Gasteiger partial charge in [-0.2, -0.15) is 4.68 Å². The maximum absolute atomic E-state index is 12.6. The van der Waals surface area contributed by atoms with Gasteiger partial charge in [-0.05, 0) is 54.3 Å². The van der Waals surface area contributed by atoms with Gasteiger partial charge in [0.2, 0.25) is 11.1 Å². The van der Waals surface area contributed by atoms with Gasteiger partial charge < -0.3 is 4.90 Å². The minimum absolute atomic E-state index is 0.183. The molecule has 1 amide bonds. The lowest BCUT2D eigenvalue weighted by Crippen LogP contribution is -2.35. The molecule has 6 nitrogen and oxygen atoms in total. The first-order valence-electron chi connectivity index (χ1n) is 8.92. The summed E-state index contributed by atoms with van der Waals surface area (Å²) in [6.45, 7) is 5.89. The minimum atomic E-state index is 0.183. The van der Waals surface area contributed by atoms with Crippen LogP contribution in [0.2, 0.25) is 0 Å². The molecule has 134 valence electrons. The van der Waals surface area contributed by atoms with Crippen LogP contribution in [-0.2, 0) is 4.79 Å². The van der Waals surface area contributed by atoms with Gasteiger partial charge in [0.25, 0.3) is 0 Å². The fraction of sp³-hybridized carbons (Fsp3) is 0.556. The molecule has 0 unspecified atom stereocenters. The number of rotatable bonds is 4. The third kappa shape index (κ3) is 4.39. The van der Waals surface area contributed by atoms with Crippen LogP contribution in [0, 0.1) is 13.8 Å². The molecule has 1 saturated heterocycles. The molecule has 0 spiro atoms. The number of benzene rings is 1. The van der Waals surface area contributed by atoms with Crippen LogP contribution in [0.15, 0.2) is 23.4 Å². The molecule has 3 rings (SSSR count). The number of hydrogen-bond acceptors (Lipinski definition) is 5. The fourth-order valence-corrected chi connectivity index (χ4v) is 3.89. The minimum Gasteiger partial charge on any atom is -0.342 e. The van der Waals surface area contributed by atoms with Crippen LogP contribution in [0.1, 0.15) is 43.2 Å². The van der Waals surface area contributed by atoms with Crippen molar-refractivity contribution in [2.75, 3.05) is 18.8 Å². The summed E-state index contributed by atoms with van der Waals surface area (Å²) in [4.78, 5) is 14.6. The SMILES string of the molecule is Cc1cccc(-n2nnnc2SCC(=O)N2CCCCCCC2)c1C. The highest BCUT2D eigenvalue weighted by atomic mass is 32.2. The predicted molar refractivity (Wildman–Crippen MR) is 99.0 cm³/mol. The first-order chi connectivity index (χ1) is 12.2. The molecule has 0 saturated carbocycles. The summed E-state index contributed by atoms with van der Waals surface area (Å²) in [7, 11) is 0. The molecule has 7 heteroatoms. The Kier molecular flexibility index (Phi) is 6.07. The number of hydrogen-bond donors (Lipinski definition) is 0. The summed E-state index contributed by atoms with van der Waals surface area (Å²) < 4.78 is 1.73. The Bertz CT molecular complexity index is 722. The molecule has 1 aromatic carbocycles.